The first-order valence-corrected chi connectivity index (χ1v) is 9.35. The summed E-state index contributed by atoms with van der Waals surface area (Å²) in [6.45, 7) is 7.54. The largest absolute Gasteiger partial charge is 0.437 e. The molecule has 1 N–H and O–H groups in total. The van der Waals surface area contributed by atoms with Crippen LogP contribution in [0.2, 0.25) is 5.02 Å². The molecule has 1 heterocycles. The molecule has 0 spiro atoms. The van der Waals surface area contributed by atoms with Gasteiger partial charge in [-0.05, 0) is 55.2 Å². The summed E-state index contributed by atoms with van der Waals surface area (Å²) in [6, 6.07) is 9.42. The summed E-state index contributed by atoms with van der Waals surface area (Å²) in [5, 5.41) is 3.35. The number of nitrogens with zero attached hydrogens (tertiary/aromatic N) is 1. The normalized spacial score (nSPS) is 12.9. The van der Waals surface area contributed by atoms with Crippen LogP contribution in [0.25, 0.3) is 11.6 Å². The van der Waals surface area contributed by atoms with Gasteiger partial charge in [-0.1, -0.05) is 42.8 Å². The molecule has 0 aliphatic carbocycles. The van der Waals surface area contributed by atoms with E-state index in [-0.39, 0.29) is 11.9 Å². The Kier molecular flexibility index (Phi) is 7.62. The lowest BCUT2D eigenvalue weighted by Crippen LogP contribution is -2.28. The molecule has 4 nitrogen and oxygen atoms in total. The number of benzene rings is 1. The van der Waals surface area contributed by atoms with Crippen LogP contribution >= 0.6 is 11.6 Å². The van der Waals surface area contributed by atoms with Crippen LogP contribution in [-0.4, -0.2) is 16.9 Å². The Bertz CT molecular complexity index is 842. The van der Waals surface area contributed by atoms with Crippen LogP contribution in [0.3, 0.4) is 0 Å². The van der Waals surface area contributed by atoms with Gasteiger partial charge in [0.15, 0.2) is 0 Å². The number of carbonyl (C=O) groups excluding carboxylic acids is 1. The van der Waals surface area contributed by atoms with Crippen LogP contribution in [0.1, 0.15) is 45.2 Å². The molecule has 0 unspecified atom stereocenters. The fraction of sp³-hybridized carbons (Fsp3) is 0.273. The number of aromatic nitrogens is 1. The average molecular weight is 385 g/mol. The van der Waals surface area contributed by atoms with Crippen molar-refractivity contribution >= 4 is 29.2 Å². The molecule has 0 aliphatic heterocycles. The maximum absolute atomic E-state index is 11.0. The predicted molar refractivity (Wildman–Crippen MR) is 112 cm³/mol. The van der Waals surface area contributed by atoms with Crippen LogP contribution in [0.15, 0.2) is 48.7 Å². The minimum atomic E-state index is -0.0580. The van der Waals surface area contributed by atoms with Crippen LogP contribution < -0.4 is 10.1 Å². The van der Waals surface area contributed by atoms with Gasteiger partial charge in [-0.2, -0.15) is 0 Å². The van der Waals surface area contributed by atoms with Gasteiger partial charge < -0.3 is 10.1 Å². The van der Waals surface area contributed by atoms with E-state index in [0.29, 0.717) is 16.7 Å². The van der Waals surface area contributed by atoms with E-state index in [9.17, 15) is 4.79 Å². The molecule has 0 saturated carbocycles. The number of rotatable bonds is 7. The molecule has 27 heavy (non-hydrogen) atoms. The lowest BCUT2D eigenvalue weighted by Gasteiger charge is -2.10. The molecular weight excluding hydrogens is 360 g/mol. The summed E-state index contributed by atoms with van der Waals surface area (Å²) in [5.74, 6) is 0.984. The van der Waals surface area contributed by atoms with E-state index in [1.807, 2.05) is 50.3 Å². The minimum Gasteiger partial charge on any atom is -0.437 e. The molecule has 2 aromatic rings. The first-order valence-electron chi connectivity index (χ1n) is 8.97. The first-order chi connectivity index (χ1) is 12.9. The maximum atomic E-state index is 11.0. The second kappa shape index (κ2) is 9.93. The second-order valence-electron chi connectivity index (χ2n) is 6.19. The Hall–Kier alpha value is -2.59. The van der Waals surface area contributed by atoms with Gasteiger partial charge in [0.05, 0.1) is 5.02 Å². The highest BCUT2D eigenvalue weighted by molar-refractivity contribution is 6.32. The highest BCUT2D eigenvalue weighted by atomic mass is 35.5. The number of ether oxygens (including phenoxy) is 1. The van der Waals surface area contributed by atoms with Crippen molar-refractivity contribution in [2.75, 3.05) is 0 Å². The summed E-state index contributed by atoms with van der Waals surface area (Å²) < 4.78 is 5.80. The SMILES string of the molecule is C/C=C(\CC)c1ccc(Oc2ccc(/C=C/[C@H](C)NC(C)=O)cn2)c(Cl)c1. The van der Waals surface area contributed by atoms with Gasteiger partial charge in [-0.3, -0.25) is 4.79 Å². The average Bonchev–Trinajstić information content (AvgIpc) is 2.64. The predicted octanol–water partition coefficient (Wildman–Crippen LogP) is 5.88. The van der Waals surface area contributed by atoms with Crippen LogP contribution in [-0.2, 0) is 4.79 Å². The number of allylic oxidation sites excluding steroid dienone is 2. The van der Waals surface area contributed by atoms with Gasteiger partial charge >= 0.3 is 0 Å². The third kappa shape index (κ3) is 6.26. The molecule has 1 amide bonds. The van der Waals surface area contributed by atoms with Gasteiger partial charge in [-0.25, -0.2) is 4.98 Å². The summed E-state index contributed by atoms with van der Waals surface area (Å²) in [5.41, 5.74) is 3.26. The summed E-state index contributed by atoms with van der Waals surface area (Å²) in [4.78, 5) is 15.3. The molecule has 0 fully saturated rings. The van der Waals surface area contributed by atoms with Crippen LogP contribution in [0.5, 0.6) is 11.6 Å². The topological polar surface area (TPSA) is 51.2 Å². The van der Waals surface area contributed by atoms with Gasteiger partial charge in [-0.15, -0.1) is 0 Å². The Morgan fingerprint density at radius 1 is 1.33 bits per heavy atom. The Morgan fingerprint density at radius 2 is 2.11 bits per heavy atom. The van der Waals surface area contributed by atoms with Gasteiger partial charge in [0.25, 0.3) is 0 Å². The summed E-state index contributed by atoms with van der Waals surface area (Å²) in [7, 11) is 0. The third-order valence-electron chi connectivity index (χ3n) is 4.01. The zero-order valence-electron chi connectivity index (χ0n) is 16.1. The lowest BCUT2D eigenvalue weighted by atomic mass is 10.0. The van der Waals surface area contributed by atoms with Crippen LogP contribution in [0, 0.1) is 0 Å². The Morgan fingerprint density at radius 3 is 2.67 bits per heavy atom. The third-order valence-corrected chi connectivity index (χ3v) is 4.31. The van der Waals surface area contributed by atoms with Gasteiger partial charge in [0.2, 0.25) is 11.8 Å². The Balaban J connectivity index is 2.06. The molecule has 1 atom stereocenters. The van der Waals surface area contributed by atoms with Crippen LogP contribution in [0.4, 0.5) is 0 Å². The van der Waals surface area contributed by atoms with E-state index >= 15 is 0 Å². The van der Waals surface area contributed by atoms with Crippen molar-refractivity contribution in [1.29, 1.82) is 0 Å². The van der Waals surface area contributed by atoms with Crippen molar-refractivity contribution in [2.45, 2.75) is 40.2 Å². The van der Waals surface area contributed by atoms with Crippen molar-refractivity contribution in [3.8, 4) is 11.6 Å². The molecule has 142 valence electrons. The van der Waals surface area contributed by atoms with E-state index in [2.05, 4.69) is 23.3 Å². The number of amides is 1. The van der Waals surface area contributed by atoms with Gasteiger partial charge in [0.1, 0.15) is 5.75 Å². The quantitative estimate of drug-likeness (QED) is 0.648. The molecule has 2 rings (SSSR count). The molecular formula is C22H25ClN2O2. The van der Waals surface area contributed by atoms with Crippen molar-refractivity contribution in [3.63, 3.8) is 0 Å². The number of halogens is 1. The number of hydrogen-bond donors (Lipinski definition) is 1. The van der Waals surface area contributed by atoms with E-state index in [0.717, 1.165) is 17.5 Å². The minimum absolute atomic E-state index is 0.0408. The fourth-order valence-electron chi connectivity index (χ4n) is 2.65. The monoisotopic (exact) mass is 384 g/mol. The molecule has 1 aromatic heterocycles. The molecule has 0 aliphatic rings. The second-order valence-corrected chi connectivity index (χ2v) is 6.60. The van der Waals surface area contributed by atoms with E-state index in [4.69, 9.17) is 16.3 Å². The smallest absolute Gasteiger partial charge is 0.219 e. The number of nitrogens with one attached hydrogen (secondary N) is 1. The number of carbonyl (C=O) groups is 1. The standard InChI is InChI=1S/C22H25ClN2O2/c1-5-18(6-2)19-10-11-21(20(23)13-19)27-22-12-9-17(14-24-22)8-7-15(3)25-16(4)26/h5,7-15H,6H2,1-4H3,(H,25,26)/b8-7+,18-5+/t15-/m0/s1. The first kappa shape index (κ1) is 20.7. The molecule has 5 heteroatoms. The number of hydrogen-bond acceptors (Lipinski definition) is 3. The molecule has 1 aromatic carbocycles. The van der Waals surface area contributed by atoms with E-state index in [1.165, 1.54) is 12.5 Å². The maximum Gasteiger partial charge on any atom is 0.219 e. The van der Waals surface area contributed by atoms with Crippen molar-refractivity contribution < 1.29 is 9.53 Å². The zero-order chi connectivity index (χ0) is 19.8. The van der Waals surface area contributed by atoms with Crippen molar-refractivity contribution in [2.24, 2.45) is 0 Å². The Labute approximate surface area is 165 Å². The van der Waals surface area contributed by atoms with E-state index < -0.39 is 0 Å². The highest BCUT2D eigenvalue weighted by Crippen LogP contribution is 2.32. The molecule has 0 saturated heterocycles. The van der Waals surface area contributed by atoms with Gasteiger partial charge in [0, 0.05) is 25.2 Å². The number of pyridine rings is 1. The van der Waals surface area contributed by atoms with Crippen molar-refractivity contribution in [3.05, 3.63) is 64.8 Å². The van der Waals surface area contributed by atoms with Crippen molar-refractivity contribution in [1.82, 2.24) is 10.3 Å². The fourth-order valence-corrected chi connectivity index (χ4v) is 2.86. The summed E-state index contributed by atoms with van der Waals surface area (Å²) >= 11 is 6.37. The zero-order valence-corrected chi connectivity index (χ0v) is 16.9. The molecule has 0 bridgehead atoms. The summed E-state index contributed by atoms with van der Waals surface area (Å²) in [6.07, 6.45) is 8.56. The van der Waals surface area contributed by atoms with E-state index in [1.54, 1.807) is 12.3 Å². The highest BCUT2D eigenvalue weighted by Gasteiger charge is 2.07. The molecule has 0 radical (unpaired) electrons. The lowest BCUT2D eigenvalue weighted by molar-refractivity contribution is -0.119.